The molecule has 1 saturated heterocycles. The van der Waals surface area contributed by atoms with Crippen LogP contribution in [0.2, 0.25) is 0 Å². The summed E-state index contributed by atoms with van der Waals surface area (Å²) in [4.78, 5) is 12.9. The molecule has 3 rings (SSSR count). The van der Waals surface area contributed by atoms with E-state index in [0.29, 0.717) is 18.4 Å². The highest BCUT2D eigenvalue weighted by molar-refractivity contribution is 5.71. The predicted molar refractivity (Wildman–Crippen MR) is 88.3 cm³/mol. The largest absolute Gasteiger partial charge is 0.481 e. The van der Waals surface area contributed by atoms with Gasteiger partial charge in [0.15, 0.2) is 0 Å². The Balaban J connectivity index is 1.53. The standard InChI is InChI=1S/C19H24F3NO2/c20-19(21,22)17-12-23(11-16(17)18(24)25)10-13-6-8-15(9-7-13)14-4-2-1-3-5-14/h1-5,13,15-17H,6-12H2,(H,24,25)/t13?,15?,16-,17-/m1/s1. The molecule has 138 valence electrons. The molecule has 0 amide bonds. The maximum Gasteiger partial charge on any atom is 0.393 e. The van der Waals surface area contributed by atoms with Crippen LogP contribution in [0, 0.1) is 17.8 Å². The number of alkyl halides is 3. The van der Waals surface area contributed by atoms with Crippen molar-refractivity contribution in [1.82, 2.24) is 4.90 Å². The van der Waals surface area contributed by atoms with E-state index in [1.807, 2.05) is 18.2 Å². The molecule has 1 N–H and O–H groups in total. The van der Waals surface area contributed by atoms with Gasteiger partial charge in [-0.15, -0.1) is 0 Å². The third kappa shape index (κ3) is 4.35. The molecule has 0 aromatic heterocycles. The maximum atomic E-state index is 13.1. The number of aliphatic carboxylic acids is 1. The molecule has 1 aromatic carbocycles. The molecule has 0 unspecified atom stereocenters. The van der Waals surface area contributed by atoms with Crippen LogP contribution in [-0.2, 0) is 4.79 Å². The van der Waals surface area contributed by atoms with Gasteiger partial charge in [-0.25, -0.2) is 0 Å². The van der Waals surface area contributed by atoms with Gasteiger partial charge in [0.05, 0.1) is 11.8 Å². The van der Waals surface area contributed by atoms with Crippen molar-refractivity contribution in [2.24, 2.45) is 17.8 Å². The summed E-state index contributed by atoms with van der Waals surface area (Å²) >= 11 is 0. The zero-order chi connectivity index (χ0) is 18.0. The minimum absolute atomic E-state index is 0.0120. The molecule has 1 saturated carbocycles. The van der Waals surface area contributed by atoms with Gasteiger partial charge < -0.3 is 10.0 Å². The van der Waals surface area contributed by atoms with Gasteiger partial charge in [-0.05, 0) is 43.1 Å². The molecule has 1 aromatic rings. The van der Waals surface area contributed by atoms with Crippen molar-refractivity contribution in [3.05, 3.63) is 35.9 Å². The van der Waals surface area contributed by atoms with Gasteiger partial charge in [0.25, 0.3) is 0 Å². The molecule has 0 spiro atoms. The fraction of sp³-hybridized carbons (Fsp3) is 0.632. The number of benzene rings is 1. The number of carbonyl (C=O) groups is 1. The van der Waals surface area contributed by atoms with Crippen molar-refractivity contribution in [1.29, 1.82) is 0 Å². The first kappa shape index (κ1) is 18.2. The number of carboxylic acid groups (broad SMARTS) is 1. The van der Waals surface area contributed by atoms with E-state index in [1.54, 1.807) is 4.90 Å². The van der Waals surface area contributed by atoms with Crippen LogP contribution < -0.4 is 0 Å². The molecule has 0 radical (unpaired) electrons. The molecule has 3 nitrogen and oxygen atoms in total. The minimum Gasteiger partial charge on any atom is -0.481 e. The second-order valence-corrected chi connectivity index (χ2v) is 7.44. The van der Waals surface area contributed by atoms with Gasteiger partial charge in [-0.3, -0.25) is 4.79 Å². The Morgan fingerprint density at radius 2 is 1.72 bits per heavy atom. The molecular formula is C19H24F3NO2. The highest BCUT2D eigenvalue weighted by Crippen LogP contribution is 2.40. The van der Waals surface area contributed by atoms with Crippen LogP contribution in [0.5, 0.6) is 0 Å². The Bertz CT molecular complexity index is 582. The van der Waals surface area contributed by atoms with E-state index >= 15 is 0 Å². The number of rotatable bonds is 4. The predicted octanol–water partition coefficient (Wildman–Crippen LogP) is 4.16. The molecule has 1 aliphatic carbocycles. The third-order valence-electron chi connectivity index (χ3n) is 5.77. The lowest BCUT2D eigenvalue weighted by Crippen LogP contribution is -2.34. The van der Waals surface area contributed by atoms with Crippen molar-refractivity contribution in [3.8, 4) is 0 Å². The monoisotopic (exact) mass is 355 g/mol. The Morgan fingerprint density at radius 1 is 1.08 bits per heavy atom. The summed E-state index contributed by atoms with van der Waals surface area (Å²) in [7, 11) is 0. The number of hydrogen-bond acceptors (Lipinski definition) is 2. The Kier molecular flexibility index (Phi) is 5.37. The molecule has 1 heterocycles. The molecule has 2 aliphatic rings. The summed E-state index contributed by atoms with van der Waals surface area (Å²) in [6.45, 7) is 0.412. The third-order valence-corrected chi connectivity index (χ3v) is 5.77. The summed E-state index contributed by atoms with van der Waals surface area (Å²) in [5, 5.41) is 9.10. The van der Waals surface area contributed by atoms with Crippen molar-refractivity contribution < 1.29 is 23.1 Å². The van der Waals surface area contributed by atoms with Crippen molar-refractivity contribution in [3.63, 3.8) is 0 Å². The lowest BCUT2D eigenvalue weighted by molar-refractivity contribution is -0.188. The van der Waals surface area contributed by atoms with Crippen molar-refractivity contribution >= 4 is 5.97 Å². The van der Waals surface area contributed by atoms with Crippen LogP contribution in [0.4, 0.5) is 13.2 Å². The average Bonchev–Trinajstić information content (AvgIpc) is 3.01. The number of carboxylic acids is 1. The number of nitrogens with zero attached hydrogens (tertiary/aromatic N) is 1. The summed E-state index contributed by atoms with van der Waals surface area (Å²) < 4.78 is 39.2. The summed E-state index contributed by atoms with van der Waals surface area (Å²) in [5.41, 5.74) is 1.34. The van der Waals surface area contributed by atoms with E-state index in [1.165, 1.54) is 5.56 Å². The SMILES string of the molecule is O=C(O)[C@@H]1CN(CC2CCC(c3ccccc3)CC2)C[C@H]1C(F)(F)F. The molecule has 0 bridgehead atoms. The Labute approximate surface area is 145 Å². The number of hydrogen-bond donors (Lipinski definition) is 1. The van der Waals surface area contributed by atoms with Crippen LogP contribution in [0.3, 0.4) is 0 Å². The Hall–Kier alpha value is -1.56. The topological polar surface area (TPSA) is 40.5 Å². The van der Waals surface area contributed by atoms with E-state index in [4.69, 9.17) is 5.11 Å². The molecular weight excluding hydrogens is 331 g/mol. The van der Waals surface area contributed by atoms with Crippen LogP contribution in [0.1, 0.15) is 37.2 Å². The van der Waals surface area contributed by atoms with E-state index in [9.17, 15) is 18.0 Å². The highest BCUT2D eigenvalue weighted by Gasteiger charge is 2.52. The quantitative estimate of drug-likeness (QED) is 0.882. The zero-order valence-corrected chi connectivity index (χ0v) is 14.1. The van der Waals surface area contributed by atoms with Gasteiger partial charge in [-0.1, -0.05) is 30.3 Å². The highest BCUT2D eigenvalue weighted by atomic mass is 19.4. The van der Waals surface area contributed by atoms with Gasteiger partial charge in [0, 0.05) is 19.6 Å². The lowest BCUT2D eigenvalue weighted by atomic mass is 9.78. The van der Waals surface area contributed by atoms with E-state index < -0.39 is 24.0 Å². The second kappa shape index (κ2) is 7.36. The van der Waals surface area contributed by atoms with Gasteiger partial charge in [0.1, 0.15) is 0 Å². The van der Waals surface area contributed by atoms with Crippen LogP contribution in [-0.4, -0.2) is 41.8 Å². The number of halogens is 3. The minimum atomic E-state index is -4.44. The lowest BCUT2D eigenvalue weighted by Gasteiger charge is -2.31. The molecule has 1 aliphatic heterocycles. The molecule has 2 fully saturated rings. The van der Waals surface area contributed by atoms with Gasteiger partial charge in [0.2, 0.25) is 0 Å². The first-order chi connectivity index (χ1) is 11.8. The normalized spacial score (nSPS) is 31.2. The molecule has 6 heteroatoms. The van der Waals surface area contributed by atoms with Crippen molar-refractivity contribution in [2.45, 2.75) is 37.8 Å². The van der Waals surface area contributed by atoms with E-state index in [2.05, 4.69) is 12.1 Å². The summed E-state index contributed by atoms with van der Waals surface area (Å²) in [5.74, 6) is -3.52. The average molecular weight is 355 g/mol. The molecule has 25 heavy (non-hydrogen) atoms. The van der Waals surface area contributed by atoms with Crippen molar-refractivity contribution in [2.75, 3.05) is 19.6 Å². The van der Waals surface area contributed by atoms with Gasteiger partial charge >= 0.3 is 12.1 Å². The Morgan fingerprint density at radius 3 is 2.24 bits per heavy atom. The maximum absolute atomic E-state index is 13.1. The van der Waals surface area contributed by atoms with E-state index in [-0.39, 0.29) is 13.1 Å². The molecule has 2 atom stereocenters. The number of likely N-dealkylation sites (tertiary alicyclic amines) is 1. The van der Waals surface area contributed by atoms with Gasteiger partial charge in [-0.2, -0.15) is 13.2 Å². The van der Waals surface area contributed by atoms with Crippen LogP contribution >= 0.6 is 0 Å². The summed E-state index contributed by atoms with van der Waals surface area (Å²) in [6.07, 6.45) is -0.362. The fourth-order valence-electron chi connectivity index (χ4n) is 4.38. The smallest absolute Gasteiger partial charge is 0.393 e. The van der Waals surface area contributed by atoms with Crippen LogP contribution in [0.25, 0.3) is 0 Å². The van der Waals surface area contributed by atoms with Crippen LogP contribution in [0.15, 0.2) is 30.3 Å². The second-order valence-electron chi connectivity index (χ2n) is 7.44. The first-order valence-electron chi connectivity index (χ1n) is 8.91. The zero-order valence-electron chi connectivity index (χ0n) is 14.1. The van der Waals surface area contributed by atoms with E-state index in [0.717, 1.165) is 25.7 Å². The fourth-order valence-corrected chi connectivity index (χ4v) is 4.38. The first-order valence-corrected chi connectivity index (χ1v) is 8.91. The summed E-state index contributed by atoms with van der Waals surface area (Å²) in [6, 6.07) is 10.3.